The van der Waals surface area contributed by atoms with E-state index in [2.05, 4.69) is 29.8 Å². The van der Waals surface area contributed by atoms with E-state index in [1.165, 1.54) is 37.0 Å². The standard InChI is InChI=1S/C23H24ClN3O2S/c1-14-12-16(15(2)26(14)18-6-4-3-5-7-18)13-20-21(28)25-23(30)27(22(20)29)19-10-8-17(24)9-11-19/h8-13,18H,3-7H2,1-2H3,(H,25,28,30). The molecule has 1 N–H and O–H groups in total. The first-order valence-corrected chi connectivity index (χ1v) is 11.0. The molecule has 0 spiro atoms. The first kappa shape index (κ1) is 20.8. The number of carbonyl (C=O) groups is 2. The second kappa shape index (κ2) is 8.36. The van der Waals surface area contributed by atoms with E-state index in [9.17, 15) is 9.59 Å². The molecular weight excluding hydrogens is 418 g/mol. The predicted molar refractivity (Wildman–Crippen MR) is 124 cm³/mol. The molecule has 2 fully saturated rings. The van der Waals surface area contributed by atoms with Crippen molar-refractivity contribution in [3.8, 4) is 0 Å². The predicted octanol–water partition coefficient (Wildman–Crippen LogP) is 5.09. The van der Waals surface area contributed by atoms with Gasteiger partial charge in [-0.25, -0.2) is 0 Å². The lowest BCUT2D eigenvalue weighted by Crippen LogP contribution is -2.54. The third-order valence-electron chi connectivity index (χ3n) is 5.95. The van der Waals surface area contributed by atoms with Crippen molar-refractivity contribution in [1.29, 1.82) is 0 Å². The molecule has 2 heterocycles. The number of thiocarbonyl (C=S) groups is 1. The zero-order valence-electron chi connectivity index (χ0n) is 17.1. The normalized spacial score (nSPS) is 19.5. The third kappa shape index (κ3) is 3.82. The van der Waals surface area contributed by atoms with Gasteiger partial charge in [0.2, 0.25) is 0 Å². The van der Waals surface area contributed by atoms with Crippen LogP contribution in [0, 0.1) is 13.8 Å². The summed E-state index contributed by atoms with van der Waals surface area (Å²) >= 11 is 11.2. The zero-order valence-corrected chi connectivity index (χ0v) is 18.6. The summed E-state index contributed by atoms with van der Waals surface area (Å²) in [4.78, 5) is 27.2. The number of nitrogens with one attached hydrogen (secondary N) is 1. The molecule has 0 atom stereocenters. The number of hydrogen-bond donors (Lipinski definition) is 1. The number of hydrogen-bond acceptors (Lipinski definition) is 3. The highest BCUT2D eigenvalue weighted by Crippen LogP contribution is 2.33. The van der Waals surface area contributed by atoms with Crippen molar-refractivity contribution < 1.29 is 9.59 Å². The van der Waals surface area contributed by atoms with Crippen molar-refractivity contribution in [3.05, 3.63) is 57.9 Å². The largest absolute Gasteiger partial charge is 0.346 e. The number of aromatic nitrogens is 1. The van der Waals surface area contributed by atoms with Gasteiger partial charge >= 0.3 is 0 Å². The maximum atomic E-state index is 13.2. The molecule has 1 aromatic carbocycles. The summed E-state index contributed by atoms with van der Waals surface area (Å²) in [5.74, 6) is -0.911. The van der Waals surface area contributed by atoms with Gasteiger partial charge in [0.1, 0.15) is 5.57 Å². The molecule has 1 aromatic heterocycles. The molecule has 4 rings (SSSR count). The van der Waals surface area contributed by atoms with E-state index in [1.807, 2.05) is 0 Å². The summed E-state index contributed by atoms with van der Waals surface area (Å²) in [7, 11) is 0. The van der Waals surface area contributed by atoms with Gasteiger partial charge in [-0.3, -0.25) is 19.8 Å². The van der Waals surface area contributed by atoms with E-state index in [4.69, 9.17) is 23.8 Å². The Morgan fingerprint density at radius 3 is 2.43 bits per heavy atom. The Bertz CT molecular complexity index is 1050. The number of halogens is 1. The van der Waals surface area contributed by atoms with Crippen LogP contribution in [0.25, 0.3) is 6.08 Å². The Kier molecular flexibility index (Phi) is 5.80. The monoisotopic (exact) mass is 441 g/mol. The van der Waals surface area contributed by atoms with Crippen LogP contribution < -0.4 is 10.2 Å². The van der Waals surface area contributed by atoms with Gasteiger partial charge in [0, 0.05) is 22.5 Å². The van der Waals surface area contributed by atoms with Gasteiger partial charge in [0.15, 0.2) is 5.11 Å². The van der Waals surface area contributed by atoms with Crippen molar-refractivity contribution in [2.45, 2.75) is 52.0 Å². The van der Waals surface area contributed by atoms with E-state index >= 15 is 0 Å². The Morgan fingerprint density at radius 2 is 1.77 bits per heavy atom. The molecule has 156 valence electrons. The van der Waals surface area contributed by atoms with Gasteiger partial charge in [0.25, 0.3) is 11.8 Å². The average Bonchev–Trinajstić information content (AvgIpc) is 3.00. The van der Waals surface area contributed by atoms with E-state index in [0.717, 1.165) is 17.0 Å². The molecule has 1 aliphatic heterocycles. The number of anilines is 1. The maximum absolute atomic E-state index is 13.2. The van der Waals surface area contributed by atoms with Crippen LogP contribution in [0.3, 0.4) is 0 Å². The Balaban J connectivity index is 1.70. The summed E-state index contributed by atoms with van der Waals surface area (Å²) in [6.07, 6.45) is 7.81. The molecule has 30 heavy (non-hydrogen) atoms. The van der Waals surface area contributed by atoms with Gasteiger partial charge in [0.05, 0.1) is 5.69 Å². The second-order valence-electron chi connectivity index (χ2n) is 7.92. The molecule has 7 heteroatoms. The molecule has 5 nitrogen and oxygen atoms in total. The third-order valence-corrected chi connectivity index (χ3v) is 6.49. The molecule has 2 amide bonds. The molecule has 2 aliphatic rings. The lowest BCUT2D eigenvalue weighted by Gasteiger charge is -2.29. The van der Waals surface area contributed by atoms with E-state index < -0.39 is 11.8 Å². The molecule has 1 saturated heterocycles. The van der Waals surface area contributed by atoms with Crippen LogP contribution >= 0.6 is 23.8 Å². The van der Waals surface area contributed by atoms with Gasteiger partial charge in [-0.2, -0.15) is 0 Å². The molecule has 0 unspecified atom stereocenters. The van der Waals surface area contributed by atoms with Crippen LogP contribution in [0.1, 0.15) is 55.1 Å². The highest BCUT2D eigenvalue weighted by atomic mass is 35.5. The maximum Gasteiger partial charge on any atom is 0.270 e. The van der Waals surface area contributed by atoms with Gasteiger partial charge in [-0.15, -0.1) is 0 Å². The molecule has 1 saturated carbocycles. The Labute approximate surface area is 186 Å². The fraction of sp³-hybridized carbons (Fsp3) is 0.348. The number of carbonyl (C=O) groups excluding carboxylic acids is 2. The minimum Gasteiger partial charge on any atom is -0.346 e. The average molecular weight is 442 g/mol. The molecule has 1 aliphatic carbocycles. The van der Waals surface area contributed by atoms with Gasteiger partial charge in [-0.1, -0.05) is 30.9 Å². The second-order valence-corrected chi connectivity index (χ2v) is 8.75. The lowest BCUT2D eigenvalue weighted by molar-refractivity contribution is -0.122. The minimum absolute atomic E-state index is 0.0668. The summed E-state index contributed by atoms with van der Waals surface area (Å²) in [5, 5.41) is 3.26. The van der Waals surface area contributed by atoms with Crippen molar-refractivity contribution in [1.82, 2.24) is 9.88 Å². The van der Waals surface area contributed by atoms with Crippen LogP contribution in [0.4, 0.5) is 5.69 Å². The lowest BCUT2D eigenvalue weighted by atomic mass is 9.95. The smallest absolute Gasteiger partial charge is 0.270 e. The van der Waals surface area contributed by atoms with Gasteiger partial charge < -0.3 is 4.57 Å². The number of benzene rings is 1. The molecule has 2 aromatic rings. The van der Waals surface area contributed by atoms with E-state index in [1.54, 1.807) is 30.3 Å². The number of amides is 2. The van der Waals surface area contributed by atoms with Crippen molar-refractivity contribution in [2.24, 2.45) is 0 Å². The van der Waals surface area contributed by atoms with Crippen molar-refractivity contribution >= 4 is 52.5 Å². The molecule has 0 radical (unpaired) electrons. The SMILES string of the molecule is Cc1cc(C=C2C(=O)NC(=S)N(c3ccc(Cl)cc3)C2=O)c(C)n1C1CCCCC1. The summed E-state index contributed by atoms with van der Waals surface area (Å²) in [6, 6.07) is 9.32. The quantitative estimate of drug-likeness (QED) is 0.410. The topological polar surface area (TPSA) is 54.3 Å². The number of nitrogens with zero attached hydrogens (tertiary/aromatic N) is 2. The Hall–Kier alpha value is -2.44. The minimum atomic E-state index is -0.474. The summed E-state index contributed by atoms with van der Waals surface area (Å²) in [5.41, 5.74) is 3.76. The first-order valence-electron chi connectivity index (χ1n) is 10.2. The van der Waals surface area contributed by atoms with Crippen LogP contribution in [0.15, 0.2) is 35.9 Å². The highest BCUT2D eigenvalue weighted by Gasteiger charge is 2.34. The van der Waals surface area contributed by atoms with Gasteiger partial charge in [-0.05, 0) is 80.9 Å². The first-order chi connectivity index (χ1) is 14.4. The fourth-order valence-corrected chi connectivity index (χ4v) is 4.89. The fourth-order valence-electron chi connectivity index (χ4n) is 4.49. The molecular formula is C23H24ClN3O2S. The molecule has 0 bridgehead atoms. The summed E-state index contributed by atoms with van der Waals surface area (Å²) < 4.78 is 2.36. The van der Waals surface area contributed by atoms with Crippen LogP contribution in [0.2, 0.25) is 5.02 Å². The van der Waals surface area contributed by atoms with Crippen LogP contribution in [-0.2, 0) is 9.59 Å². The van der Waals surface area contributed by atoms with E-state index in [0.29, 0.717) is 16.8 Å². The summed E-state index contributed by atoms with van der Waals surface area (Å²) in [6.45, 7) is 4.14. The number of rotatable bonds is 3. The van der Waals surface area contributed by atoms with Crippen molar-refractivity contribution in [2.75, 3.05) is 4.90 Å². The van der Waals surface area contributed by atoms with Crippen LogP contribution in [0.5, 0.6) is 0 Å². The zero-order chi connectivity index (χ0) is 21.4. The number of aryl methyl sites for hydroxylation is 1. The van der Waals surface area contributed by atoms with Crippen LogP contribution in [-0.4, -0.2) is 21.5 Å². The highest BCUT2D eigenvalue weighted by molar-refractivity contribution is 7.80. The van der Waals surface area contributed by atoms with Crippen molar-refractivity contribution in [3.63, 3.8) is 0 Å². The van der Waals surface area contributed by atoms with E-state index in [-0.39, 0.29) is 10.7 Å². The Morgan fingerprint density at radius 1 is 1.10 bits per heavy atom.